The lowest BCUT2D eigenvalue weighted by Gasteiger charge is -2.28. The standard InChI is InChI=1S/C32H34O7/c1-20-10-13-28-31(2,3)32(28,18-20)37-15-14-21-6-4-7-22(16-21)38-25-8-5-9-26(29(25)30(33)34)39-23-11-12-24-27(17-23)36-19-35-24/h4-9,11-12,16-17,20,28H,10,13-15,18-19H2,1-3H3,(H,33,34). The number of hydrogen-bond donors (Lipinski definition) is 1. The SMILES string of the molecule is CC1CCC2C(C)(C)C2(OCCc2cccc(Oc3cccc(Oc4ccc5c(c4)OCO5)c3C(=O)O)c2)C1. The zero-order valence-corrected chi connectivity index (χ0v) is 22.6. The minimum Gasteiger partial charge on any atom is -0.477 e. The first kappa shape index (κ1) is 25.6. The number of hydrogen-bond acceptors (Lipinski definition) is 6. The van der Waals surface area contributed by atoms with Gasteiger partial charge < -0.3 is 28.8 Å². The highest BCUT2D eigenvalue weighted by Gasteiger charge is 2.72. The molecule has 0 amide bonds. The molecule has 1 aliphatic heterocycles. The van der Waals surface area contributed by atoms with Gasteiger partial charge >= 0.3 is 5.97 Å². The lowest BCUT2D eigenvalue weighted by molar-refractivity contribution is -0.0237. The van der Waals surface area contributed by atoms with Gasteiger partial charge in [-0.25, -0.2) is 4.79 Å². The predicted molar refractivity (Wildman–Crippen MR) is 145 cm³/mol. The molecule has 2 aliphatic carbocycles. The Morgan fingerprint density at radius 2 is 1.67 bits per heavy atom. The summed E-state index contributed by atoms with van der Waals surface area (Å²) >= 11 is 0. The fourth-order valence-corrected chi connectivity index (χ4v) is 6.54. The maximum absolute atomic E-state index is 12.3. The quantitative estimate of drug-likeness (QED) is 0.307. The van der Waals surface area contributed by atoms with Gasteiger partial charge in [-0.1, -0.05) is 45.4 Å². The number of carbonyl (C=O) groups is 1. The zero-order chi connectivity index (χ0) is 27.2. The van der Waals surface area contributed by atoms with Gasteiger partial charge in [0.15, 0.2) is 11.5 Å². The van der Waals surface area contributed by atoms with Gasteiger partial charge in [-0.05, 0) is 78.5 Å². The number of aromatic carboxylic acids is 1. The van der Waals surface area contributed by atoms with E-state index in [1.54, 1.807) is 36.4 Å². The van der Waals surface area contributed by atoms with Crippen LogP contribution in [0.4, 0.5) is 0 Å². The first-order valence-electron chi connectivity index (χ1n) is 13.6. The third kappa shape index (κ3) is 4.69. The van der Waals surface area contributed by atoms with E-state index in [9.17, 15) is 9.90 Å². The Morgan fingerprint density at radius 3 is 2.44 bits per heavy atom. The Balaban J connectivity index is 1.15. The molecule has 0 bridgehead atoms. The van der Waals surface area contributed by atoms with Crippen molar-refractivity contribution >= 4 is 5.97 Å². The predicted octanol–water partition coefficient (Wildman–Crippen LogP) is 7.47. The normalized spacial score (nSPS) is 24.1. The van der Waals surface area contributed by atoms with Crippen LogP contribution < -0.4 is 18.9 Å². The Hall–Kier alpha value is -3.71. The summed E-state index contributed by atoms with van der Waals surface area (Å²) in [7, 11) is 0. The van der Waals surface area contributed by atoms with Gasteiger partial charge in [0, 0.05) is 6.07 Å². The van der Waals surface area contributed by atoms with Crippen LogP contribution in [0.2, 0.25) is 0 Å². The van der Waals surface area contributed by atoms with Crippen molar-refractivity contribution in [3.8, 4) is 34.5 Å². The second kappa shape index (κ2) is 9.79. The Kier molecular flexibility index (Phi) is 6.42. The molecular formula is C32H34O7. The number of ether oxygens (including phenoxy) is 5. The molecule has 6 rings (SSSR count). The number of carboxylic acid groups (broad SMARTS) is 1. The molecule has 1 N–H and O–H groups in total. The minimum absolute atomic E-state index is 0.00753. The summed E-state index contributed by atoms with van der Waals surface area (Å²) in [6.07, 6.45) is 4.44. The van der Waals surface area contributed by atoms with Crippen LogP contribution >= 0.6 is 0 Å². The van der Waals surface area contributed by atoms with Crippen LogP contribution in [0.5, 0.6) is 34.5 Å². The summed E-state index contributed by atoms with van der Waals surface area (Å²) in [5, 5.41) is 10.0. The van der Waals surface area contributed by atoms with Crippen LogP contribution in [0.3, 0.4) is 0 Å². The van der Waals surface area contributed by atoms with Crippen molar-refractivity contribution in [3.63, 3.8) is 0 Å². The fourth-order valence-electron chi connectivity index (χ4n) is 6.54. The molecule has 0 radical (unpaired) electrons. The van der Waals surface area contributed by atoms with E-state index < -0.39 is 5.97 Å². The number of benzene rings is 3. The van der Waals surface area contributed by atoms with E-state index in [1.807, 2.05) is 24.3 Å². The molecule has 2 fully saturated rings. The molecule has 0 spiro atoms. The van der Waals surface area contributed by atoms with Gasteiger partial charge in [-0.2, -0.15) is 0 Å². The molecule has 7 heteroatoms. The third-order valence-electron chi connectivity index (χ3n) is 8.69. The molecule has 3 unspecified atom stereocenters. The molecule has 0 saturated heterocycles. The minimum atomic E-state index is -1.14. The van der Waals surface area contributed by atoms with Crippen molar-refractivity contribution in [1.29, 1.82) is 0 Å². The van der Waals surface area contributed by atoms with E-state index in [-0.39, 0.29) is 34.9 Å². The van der Waals surface area contributed by atoms with E-state index >= 15 is 0 Å². The van der Waals surface area contributed by atoms with Crippen molar-refractivity contribution in [2.24, 2.45) is 17.3 Å². The van der Waals surface area contributed by atoms with E-state index in [2.05, 4.69) is 20.8 Å². The van der Waals surface area contributed by atoms with Crippen LogP contribution in [0.1, 0.15) is 56.0 Å². The second-order valence-electron chi connectivity index (χ2n) is 11.4. The van der Waals surface area contributed by atoms with Gasteiger partial charge in [0.05, 0.1) is 12.2 Å². The largest absolute Gasteiger partial charge is 0.477 e. The molecule has 3 aliphatic rings. The average molecular weight is 531 g/mol. The van der Waals surface area contributed by atoms with Crippen LogP contribution in [-0.2, 0) is 11.2 Å². The summed E-state index contributed by atoms with van der Waals surface area (Å²) in [6, 6.07) is 17.8. The first-order chi connectivity index (χ1) is 18.8. The molecule has 3 aromatic carbocycles. The lowest BCUT2D eigenvalue weighted by Crippen LogP contribution is -2.28. The summed E-state index contributed by atoms with van der Waals surface area (Å²) in [4.78, 5) is 12.3. The van der Waals surface area contributed by atoms with Gasteiger partial charge in [0.2, 0.25) is 6.79 Å². The molecule has 7 nitrogen and oxygen atoms in total. The Morgan fingerprint density at radius 1 is 0.949 bits per heavy atom. The molecule has 3 atom stereocenters. The molecule has 2 saturated carbocycles. The van der Waals surface area contributed by atoms with Gasteiger partial charge in [-0.15, -0.1) is 0 Å². The molecule has 39 heavy (non-hydrogen) atoms. The monoisotopic (exact) mass is 530 g/mol. The van der Waals surface area contributed by atoms with Gasteiger partial charge in [0.25, 0.3) is 0 Å². The highest BCUT2D eigenvalue weighted by Crippen LogP contribution is 2.70. The van der Waals surface area contributed by atoms with Crippen LogP contribution in [0.15, 0.2) is 60.7 Å². The van der Waals surface area contributed by atoms with Crippen molar-refractivity contribution in [2.45, 2.75) is 52.1 Å². The molecule has 3 aromatic rings. The maximum atomic E-state index is 12.3. The summed E-state index contributed by atoms with van der Waals surface area (Å²) in [6.45, 7) is 7.81. The topological polar surface area (TPSA) is 83.5 Å². The van der Waals surface area contributed by atoms with Crippen molar-refractivity contribution in [3.05, 3.63) is 71.8 Å². The molecule has 1 heterocycles. The molecule has 0 aromatic heterocycles. The molecular weight excluding hydrogens is 496 g/mol. The van der Waals surface area contributed by atoms with Gasteiger partial charge in [0.1, 0.15) is 28.6 Å². The third-order valence-corrected chi connectivity index (χ3v) is 8.69. The summed E-state index contributed by atoms with van der Waals surface area (Å²) in [5.74, 6) is 2.75. The Labute approximate surface area is 228 Å². The Bertz CT molecular complexity index is 1400. The highest BCUT2D eigenvalue weighted by molar-refractivity contribution is 5.94. The molecule has 204 valence electrons. The van der Waals surface area contributed by atoms with E-state index in [0.717, 1.165) is 18.4 Å². The number of carboxylic acids is 1. The summed E-state index contributed by atoms with van der Waals surface area (Å²) in [5.41, 5.74) is 1.26. The van der Waals surface area contributed by atoms with Gasteiger partial charge in [-0.3, -0.25) is 0 Å². The maximum Gasteiger partial charge on any atom is 0.343 e. The number of rotatable bonds is 9. The second-order valence-corrected chi connectivity index (χ2v) is 11.4. The van der Waals surface area contributed by atoms with Crippen molar-refractivity contribution in [1.82, 2.24) is 0 Å². The summed E-state index contributed by atoms with van der Waals surface area (Å²) < 4.78 is 29.4. The lowest BCUT2D eigenvalue weighted by atomic mass is 9.88. The highest BCUT2D eigenvalue weighted by atomic mass is 16.7. The van der Waals surface area contributed by atoms with Crippen LogP contribution in [-0.4, -0.2) is 30.1 Å². The fraction of sp³-hybridized carbons (Fsp3) is 0.406. The van der Waals surface area contributed by atoms with E-state index in [4.69, 9.17) is 23.7 Å². The smallest absolute Gasteiger partial charge is 0.343 e. The van der Waals surface area contributed by atoms with E-state index in [0.29, 0.717) is 41.4 Å². The van der Waals surface area contributed by atoms with Crippen molar-refractivity contribution < 1.29 is 33.6 Å². The average Bonchev–Trinajstić information content (AvgIpc) is 3.17. The van der Waals surface area contributed by atoms with Crippen LogP contribution in [0.25, 0.3) is 0 Å². The first-order valence-corrected chi connectivity index (χ1v) is 13.6. The van der Waals surface area contributed by atoms with E-state index in [1.165, 1.54) is 12.8 Å². The number of fused-ring (bicyclic) bond motifs is 2. The van der Waals surface area contributed by atoms with Crippen LogP contribution in [0, 0.1) is 17.3 Å². The van der Waals surface area contributed by atoms with Crippen molar-refractivity contribution in [2.75, 3.05) is 13.4 Å². The zero-order valence-electron chi connectivity index (χ0n) is 22.6.